The summed E-state index contributed by atoms with van der Waals surface area (Å²) in [5, 5.41) is 3.69. The van der Waals surface area contributed by atoms with Crippen LogP contribution in [0.1, 0.15) is 61.8 Å². The monoisotopic (exact) mass is 515 g/mol. The Bertz CT molecular complexity index is 1110. The number of alkyl halides is 3. The average molecular weight is 516 g/mol. The molecule has 0 bridgehead atoms. The lowest BCUT2D eigenvalue weighted by Gasteiger charge is -2.40. The van der Waals surface area contributed by atoms with E-state index < -0.39 is 39.3 Å². The third kappa shape index (κ3) is 4.49. The van der Waals surface area contributed by atoms with Gasteiger partial charge in [0.25, 0.3) is 0 Å². The molecule has 35 heavy (non-hydrogen) atoms. The molecule has 2 N–H and O–H groups in total. The van der Waals surface area contributed by atoms with E-state index in [1.807, 2.05) is 6.92 Å². The Morgan fingerprint density at radius 2 is 1.86 bits per heavy atom. The van der Waals surface area contributed by atoms with E-state index in [2.05, 4.69) is 10.0 Å². The first-order valence-corrected chi connectivity index (χ1v) is 14.1. The fourth-order valence-corrected chi connectivity index (χ4v) is 7.56. The second-order valence-electron chi connectivity index (χ2n) is 10.6. The van der Waals surface area contributed by atoms with Crippen LogP contribution in [0.4, 0.5) is 13.2 Å². The summed E-state index contributed by atoms with van der Waals surface area (Å²) in [4.78, 5) is 15.5. The summed E-state index contributed by atoms with van der Waals surface area (Å²) in [6.45, 7) is 3.48. The number of nitrogens with zero attached hydrogens (tertiary/aromatic N) is 1. The molecule has 5 rings (SSSR count). The summed E-state index contributed by atoms with van der Waals surface area (Å²) in [5.74, 6) is -0.235. The van der Waals surface area contributed by atoms with Crippen molar-refractivity contribution in [3.8, 4) is 0 Å². The van der Waals surface area contributed by atoms with Gasteiger partial charge >= 0.3 is 6.18 Å². The predicted molar refractivity (Wildman–Crippen MR) is 123 cm³/mol. The molecule has 3 fully saturated rings. The van der Waals surface area contributed by atoms with E-state index in [1.54, 1.807) is 4.90 Å². The van der Waals surface area contributed by atoms with Crippen molar-refractivity contribution in [2.75, 3.05) is 19.5 Å². The van der Waals surface area contributed by atoms with Gasteiger partial charge in [0.2, 0.25) is 15.9 Å². The summed E-state index contributed by atoms with van der Waals surface area (Å²) < 4.78 is 72.9. The number of carbonyl (C=O) groups is 1. The van der Waals surface area contributed by atoms with Crippen LogP contribution in [0, 0.1) is 11.3 Å². The third-order valence-corrected chi connectivity index (χ3v) is 9.18. The lowest BCUT2D eigenvalue weighted by Crippen LogP contribution is -2.49. The maximum absolute atomic E-state index is 13.9. The standard InChI is InChI=1S/C24H32F3N3O4S/c1-14-21-20(29-35(2,32)33)19-4-3-16(24(25,26)27)11-15(19)13-30(21)22(31)23(14)8-5-18(12-23)28-17-6-9-34-10-7-17/h3-4,11,14,17-18,20-21,28-29H,5-10,12-13H2,1-2H3/t14?,18-,20+,21?,23+/m1/s1. The number of sulfonamides is 1. The van der Waals surface area contributed by atoms with E-state index in [1.165, 1.54) is 6.07 Å². The van der Waals surface area contributed by atoms with Gasteiger partial charge < -0.3 is 15.0 Å². The molecule has 5 atom stereocenters. The van der Waals surface area contributed by atoms with Crippen molar-refractivity contribution >= 4 is 15.9 Å². The SMILES string of the molecule is CC1C2[C@@H](NS(C)(=O)=O)c3ccc(C(F)(F)F)cc3CN2C(=O)[C@]12CC[C@@H](NC1CCOCC1)C2. The van der Waals surface area contributed by atoms with Gasteiger partial charge in [-0.3, -0.25) is 4.79 Å². The molecule has 4 aliphatic rings. The predicted octanol–water partition coefficient (Wildman–Crippen LogP) is 2.96. The van der Waals surface area contributed by atoms with Gasteiger partial charge in [0.05, 0.1) is 29.3 Å². The van der Waals surface area contributed by atoms with Crippen molar-refractivity contribution in [1.82, 2.24) is 14.9 Å². The Morgan fingerprint density at radius 3 is 2.51 bits per heavy atom. The highest BCUT2D eigenvalue weighted by Crippen LogP contribution is 2.57. The number of fused-ring (bicyclic) bond motifs is 2. The number of hydrogen-bond donors (Lipinski definition) is 2. The normalized spacial score (nSPS) is 33.9. The van der Waals surface area contributed by atoms with Crippen LogP contribution in [-0.2, 0) is 32.3 Å². The number of carbonyl (C=O) groups excluding carboxylic acids is 1. The lowest BCUT2D eigenvalue weighted by molar-refractivity contribution is -0.138. The van der Waals surface area contributed by atoms with Crippen molar-refractivity contribution in [2.45, 2.75) is 75.9 Å². The van der Waals surface area contributed by atoms with Crippen molar-refractivity contribution in [1.29, 1.82) is 0 Å². The maximum Gasteiger partial charge on any atom is 0.416 e. The van der Waals surface area contributed by atoms with E-state index in [9.17, 15) is 26.4 Å². The molecule has 1 aromatic carbocycles. The largest absolute Gasteiger partial charge is 0.416 e. The van der Waals surface area contributed by atoms with Crippen molar-refractivity contribution < 1.29 is 31.1 Å². The molecule has 3 aliphatic heterocycles. The van der Waals surface area contributed by atoms with Gasteiger partial charge in [-0.2, -0.15) is 13.2 Å². The minimum atomic E-state index is -4.52. The minimum Gasteiger partial charge on any atom is -0.381 e. The molecule has 2 unspecified atom stereocenters. The van der Waals surface area contributed by atoms with Crippen LogP contribution in [0.5, 0.6) is 0 Å². The summed E-state index contributed by atoms with van der Waals surface area (Å²) in [5.41, 5.74) is -0.607. The Kier molecular flexibility index (Phi) is 6.22. The average Bonchev–Trinajstić information content (AvgIpc) is 3.29. The van der Waals surface area contributed by atoms with E-state index in [-0.39, 0.29) is 24.4 Å². The topological polar surface area (TPSA) is 87.7 Å². The van der Waals surface area contributed by atoms with Crippen LogP contribution in [0.2, 0.25) is 0 Å². The van der Waals surface area contributed by atoms with Crippen molar-refractivity contribution in [3.63, 3.8) is 0 Å². The first-order valence-electron chi connectivity index (χ1n) is 12.2. The van der Waals surface area contributed by atoms with E-state index in [0.29, 0.717) is 30.0 Å². The smallest absolute Gasteiger partial charge is 0.381 e. The molecule has 3 heterocycles. The molecule has 7 nitrogen and oxygen atoms in total. The van der Waals surface area contributed by atoms with Gasteiger partial charge in [0, 0.05) is 31.8 Å². The van der Waals surface area contributed by atoms with Crippen LogP contribution in [0.15, 0.2) is 18.2 Å². The minimum absolute atomic E-state index is 0.0504. The third-order valence-electron chi connectivity index (χ3n) is 8.50. The number of ether oxygens (including phenoxy) is 1. The van der Waals surface area contributed by atoms with E-state index in [0.717, 1.165) is 50.9 Å². The van der Waals surface area contributed by atoms with Crippen LogP contribution < -0.4 is 10.0 Å². The molecule has 1 aliphatic carbocycles. The van der Waals surface area contributed by atoms with Gasteiger partial charge in [-0.05, 0) is 61.3 Å². The molecule has 1 saturated carbocycles. The number of hydrogen-bond acceptors (Lipinski definition) is 5. The first-order chi connectivity index (χ1) is 16.4. The zero-order chi connectivity index (χ0) is 25.2. The fourth-order valence-electron chi connectivity index (χ4n) is 6.84. The molecule has 1 aromatic rings. The van der Waals surface area contributed by atoms with Crippen LogP contribution in [0.3, 0.4) is 0 Å². The zero-order valence-corrected chi connectivity index (χ0v) is 20.7. The quantitative estimate of drug-likeness (QED) is 0.644. The van der Waals surface area contributed by atoms with E-state index in [4.69, 9.17) is 4.74 Å². The lowest BCUT2D eigenvalue weighted by atomic mass is 9.72. The van der Waals surface area contributed by atoms with Crippen molar-refractivity contribution in [3.05, 3.63) is 34.9 Å². The Hall–Kier alpha value is -1.69. The fraction of sp³-hybridized carbons (Fsp3) is 0.708. The van der Waals surface area contributed by atoms with Crippen molar-refractivity contribution in [2.24, 2.45) is 11.3 Å². The number of nitrogens with one attached hydrogen (secondary N) is 2. The highest BCUT2D eigenvalue weighted by Gasteiger charge is 2.62. The molecule has 11 heteroatoms. The number of halogens is 3. The van der Waals surface area contributed by atoms with Crippen LogP contribution >= 0.6 is 0 Å². The molecule has 1 spiro atoms. The highest BCUT2D eigenvalue weighted by molar-refractivity contribution is 7.88. The number of amides is 1. The number of benzene rings is 1. The summed E-state index contributed by atoms with van der Waals surface area (Å²) >= 11 is 0. The molecule has 0 radical (unpaired) electrons. The molecule has 194 valence electrons. The van der Waals surface area contributed by atoms with Gasteiger partial charge in [-0.1, -0.05) is 13.0 Å². The molecule has 2 saturated heterocycles. The maximum atomic E-state index is 13.9. The van der Waals surface area contributed by atoms with Gasteiger partial charge in [-0.15, -0.1) is 0 Å². The van der Waals surface area contributed by atoms with Crippen LogP contribution in [0.25, 0.3) is 0 Å². The first kappa shape index (κ1) is 25.0. The van der Waals surface area contributed by atoms with Crippen LogP contribution in [-0.4, -0.2) is 56.8 Å². The molecular formula is C24H32F3N3O4S. The van der Waals surface area contributed by atoms with Gasteiger partial charge in [0.15, 0.2) is 0 Å². The molecule has 1 amide bonds. The molecule has 0 aromatic heterocycles. The highest BCUT2D eigenvalue weighted by atomic mass is 32.2. The summed E-state index contributed by atoms with van der Waals surface area (Å²) in [7, 11) is -3.68. The van der Waals surface area contributed by atoms with E-state index >= 15 is 0 Å². The second-order valence-corrected chi connectivity index (χ2v) is 12.4. The van der Waals surface area contributed by atoms with Gasteiger partial charge in [0.1, 0.15) is 0 Å². The molecular weight excluding hydrogens is 483 g/mol. The Balaban J connectivity index is 1.46. The Labute approximate surface area is 203 Å². The zero-order valence-electron chi connectivity index (χ0n) is 19.9. The second kappa shape index (κ2) is 8.71. The Morgan fingerprint density at radius 1 is 1.14 bits per heavy atom. The van der Waals surface area contributed by atoms with Gasteiger partial charge in [-0.25, -0.2) is 13.1 Å². The summed E-state index contributed by atoms with van der Waals surface area (Å²) in [6, 6.07) is 2.68. The number of rotatable bonds is 4. The summed E-state index contributed by atoms with van der Waals surface area (Å²) in [6.07, 6.45) is 0.533.